The minimum atomic E-state index is -3.72. The number of nitrogens with zero attached hydrogens (tertiary/aromatic N) is 22. The number of halogens is 3. The summed E-state index contributed by atoms with van der Waals surface area (Å²) in [4.78, 5) is 109. The molecular formula is C85H107BCl3N23O24S3. The van der Waals surface area contributed by atoms with Crippen molar-refractivity contribution < 1.29 is 110 Å². The smallest absolute Gasteiger partial charge is 0.498 e. The van der Waals surface area contributed by atoms with Gasteiger partial charge in [-0.2, -0.15) is 50.7 Å². The predicted molar refractivity (Wildman–Crippen MR) is 506 cm³/mol. The van der Waals surface area contributed by atoms with E-state index in [1.54, 1.807) is 148 Å². The highest BCUT2D eigenvalue weighted by Gasteiger charge is 2.53. The number of hydrogen-bond donors (Lipinski definition) is 5. The van der Waals surface area contributed by atoms with Crippen LogP contribution in [0.1, 0.15) is 198 Å². The van der Waals surface area contributed by atoms with E-state index in [9.17, 15) is 54.3 Å². The number of nitrogens with one attached hydrogen (secondary N) is 1. The van der Waals surface area contributed by atoms with Crippen LogP contribution >= 0.6 is 34.8 Å². The van der Waals surface area contributed by atoms with Crippen molar-refractivity contribution in [3.8, 4) is 74.3 Å². The van der Waals surface area contributed by atoms with Crippen molar-refractivity contribution >= 4 is 114 Å². The Kier molecular flexibility index (Phi) is 37.2. The van der Waals surface area contributed by atoms with E-state index < -0.39 is 108 Å². The van der Waals surface area contributed by atoms with Gasteiger partial charge in [0.1, 0.15) is 44.7 Å². The molecule has 0 radical (unpaired) electrons. The Bertz CT molecular complexity index is 6820. The largest absolute Gasteiger partial charge is 0.504 e. The van der Waals surface area contributed by atoms with Gasteiger partial charge in [-0.15, -0.1) is 0 Å². The van der Waals surface area contributed by atoms with Gasteiger partial charge < -0.3 is 61.2 Å². The molecule has 1 amide bonds. The third-order valence-corrected chi connectivity index (χ3v) is 20.8. The molecular weight excluding hydrogens is 1940 g/mol. The lowest BCUT2D eigenvalue weighted by atomic mass is 9.79. The Morgan fingerprint density at radius 1 is 0.446 bits per heavy atom. The normalized spacial score (nSPS) is 13.1. The number of aliphatic hydroxyl groups is 1. The molecule has 12 aromatic rings. The molecule has 1 aliphatic heterocycles. The molecule has 5 N–H and O–H groups in total. The fraction of sp³-hybridized carbons (Fsp3) is 0.412. The van der Waals surface area contributed by atoms with Gasteiger partial charge in [-0.3, -0.25) is 28.7 Å². The summed E-state index contributed by atoms with van der Waals surface area (Å²) in [5.74, 6) is -1.41. The second-order valence-corrected chi connectivity index (χ2v) is 40.1. The Hall–Kier alpha value is -13.4. The molecule has 748 valence electrons. The molecule has 54 heteroatoms. The summed E-state index contributed by atoms with van der Waals surface area (Å²) in [6.45, 7) is 35.3. The van der Waals surface area contributed by atoms with Crippen LogP contribution in [0.15, 0.2) is 98.6 Å². The molecule has 13 rings (SSSR count). The first-order valence-corrected chi connectivity index (χ1v) is 47.8. The lowest BCUT2D eigenvalue weighted by Gasteiger charge is -2.32. The van der Waals surface area contributed by atoms with Crippen LogP contribution in [0.25, 0.3) is 45.6 Å². The highest BCUT2D eigenvalue weighted by atomic mass is 35.5. The fourth-order valence-corrected chi connectivity index (χ4v) is 13.6. The number of amides is 1. The standard InChI is InChI=1S/C18H19ClN6O5S.C15H25BN2O4.C15H20N4O5S.C14H18N4O3.C11H12N4O5S.C7H8ClNO.C5H5ClN2O/c1-10-14(30-31(4,27)28)9-21-16(23-10)13-8-22-25(3)17(13)24-18(26)29-11(2)12-6-5-7-20-15(12)19;1-13(2,3)20-12(19)11-10(9-17-18(11)8)16-21-14(4,5)15(6,7)22-16;1-9-11(24-25(6,21)22)8-16-13(18-9)10-7-17-19(5)12(10)14(20)23-15(2,3)4;1-8-10(19)7-15-12(17-8)9-6-16-18(5)11(9)13(20)21-14(2,3)4;1-6-8(20-21(3,18)19)5-12-10(14-6)7-4-13-15(2)9(7)11(16)17;1-5(10)6-3-2-4-9-7(6)8;1-3-4(9)2-7-5(6)8-3/h5-9,11H,1-4H3,(H,24,26);9H,1-8H3;7-8H,1-6H3;6-7,19H,1-5H3;4-5H,1-3H3,(H,16,17);2-5,10H,1H3;2,9H,1H3/t11-;;;;;5-;/m1....1./s1. The maximum absolute atomic E-state index is 12.5. The molecule has 139 heavy (non-hydrogen) atoms. The molecule has 0 bridgehead atoms. The van der Waals surface area contributed by atoms with Crippen molar-refractivity contribution in [3.63, 3.8) is 0 Å². The fourth-order valence-electron chi connectivity index (χ4n) is 11.4. The van der Waals surface area contributed by atoms with Crippen LogP contribution in [0.5, 0.6) is 28.7 Å². The molecule has 1 saturated heterocycles. The van der Waals surface area contributed by atoms with E-state index in [1.165, 1.54) is 99.3 Å². The number of aliphatic hydroxyl groups excluding tert-OH is 1. The van der Waals surface area contributed by atoms with Gasteiger partial charge in [-0.25, -0.2) is 83.8 Å². The Morgan fingerprint density at radius 3 is 1.12 bits per heavy atom. The van der Waals surface area contributed by atoms with Crippen molar-refractivity contribution in [1.29, 1.82) is 0 Å². The molecule has 13 heterocycles. The number of hydrogen-bond acceptors (Lipinski definition) is 40. The number of aromatic carboxylic acids is 1. The van der Waals surface area contributed by atoms with Gasteiger partial charge in [-0.1, -0.05) is 35.3 Å². The second kappa shape index (κ2) is 45.9. The summed E-state index contributed by atoms with van der Waals surface area (Å²) < 4.78 is 122. The Morgan fingerprint density at radius 2 is 0.770 bits per heavy atom. The summed E-state index contributed by atoms with van der Waals surface area (Å²) >= 11 is 17.1. The Labute approximate surface area is 816 Å². The number of carboxylic acids is 1. The molecule has 12 aromatic heterocycles. The number of carboxylic acid groups (broad SMARTS) is 1. The topological polar surface area (TPSA) is 608 Å². The quantitative estimate of drug-likeness (QED) is 0.0125. The summed E-state index contributed by atoms with van der Waals surface area (Å²) in [5, 5.41) is 60.2. The van der Waals surface area contributed by atoms with Crippen molar-refractivity contribution in [2.24, 2.45) is 35.2 Å². The number of rotatable bonds is 19. The van der Waals surface area contributed by atoms with E-state index in [2.05, 4.69) is 90.6 Å². The second-order valence-electron chi connectivity index (χ2n) is 34.3. The van der Waals surface area contributed by atoms with E-state index >= 15 is 0 Å². The average Bonchev–Trinajstić information content (AvgIpc) is 1.60. The molecule has 0 saturated carbocycles. The molecule has 0 aliphatic carbocycles. The van der Waals surface area contributed by atoms with Crippen molar-refractivity contribution in [2.45, 2.75) is 179 Å². The van der Waals surface area contributed by atoms with Crippen molar-refractivity contribution in [2.75, 3.05) is 24.1 Å². The van der Waals surface area contributed by atoms with E-state index in [-0.39, 0.29) is 90.8 Å². The van der Waals surface area contributed by atoms with Crippen LogP contribution in [-0.2, 0) is 93.8 Å². The zero-order valence-electron chi connectivity index (χ0n) is 81.1. The zero-order valence-corrected chi connectivity index (χ0v) is 85.8. The summed E-state index contributed by atoms with van der Waals surface area (Å²) in [5.41, 5.74) is 3.09. The molecule has 0 aromatic carbocycles. The van der Waals surface area contributed by atoms with Crippen LogP contribution in [0.3, 0.4) is 0 Å². The number of aromatic nitrogens is 22. The van der Waals surface area contributed by atoms with Crippen LogP contribution in [0.2, 0.25) is 15.6 Å². The van der Waals surface area contributed by atoms with Crippen molar-refractivity contribution in [1.82, 2.24) is 109 Å². The van der Waals surface area contributed by atoms with E-state index in [0.717, 1.165) is 18.8 Å². The van der Waals surface area contributed by atoms with Gasteiger partial charge >= 0.3 is 67.4 Å². The van der Waals surface area contributed by atoms with Crippen LogP contribution in [-0.4, -0.2) is 238 Å². The summed E-state index contributed by atoms with van der Waals surface area (Å²) in [6.07, 6.45) is 17.5. The lowest BCUT2D eigenvalue weighted by molar-refractivity contribution is 0.00457. The average molecular weight is 2050 g/mol. The number of aryl methyl sites for hydroxylation is 10. The lowest BCUT2D eigenvalue weighted by Crippen LogP contribution is -2.41. The molecule has 0 unspecified atom stereocenters. The highest BCUT2D eigenvalue weighted by Crippen LogP contribution is 2.38. The van der Waals surface area contributed by atoms with Gasteiger partial charge in [0.2, 0.25) is 5.28 Å². The first-order valence-electron chi connectivity index (χ1n) is 41.2. The monoisotopic (exact) mass is 2050 g/mol. The number of aromatic hydroxyl groups is 2. The van der Waals surface area contributed by atoms with E-state index in [4.69, 9.17) is 90.9 Å². The number of ether oxygens (including phenoxy) is 4. The maximum Gasteiger partial charge on any atom is 0.498 e. The first-order chi connectivity index (χ1) is 64.0. The SMILES string of the molecule is C[C@@H](O)c1cccnc1Cl.Cc1nc(-c2cnn(C)c2C(=O)O)ncc1OS(C)(=O)=O.Cc1nc(-c2cnn(C)c2C(=O)OC(C)(C)C)ncc1O.Cc1nc(-c2cnn(C)c2C(=O)OC(C)(C)C)ncc1OS(C)(=O)=O.Cc1nc(-c2cnn(C)c2NC(=O)O[C@H](C)c2cccnc2Cl)ncc1OS(C)(=O)=O.Cc1nc(Cl)ncc1O.Cn1ncc(B2OC(C)(C)C(C)(C)O2)c1C(=O)OC(C)(C)C. The minimum Gasteiger partial charge on any atom is -0.504 e. The van der Waals surface area contributed by atoms with Gasteiger partial charge in [0, 0.05) is 70.4 Å². The molecule has 0 spiro atoms. The number of pyridine rings is 2. The zero-order chi connectivity index (χ0) is 105. The van der Waals surface area contributed by atoms with E-state index in [0.29, 0.717) is 72.7 Å². The molecule has 47 nitrogen and oxygen atoms in total. The first kappa shape index (κ1) is 113. The minimum absolute atomic E-state index is 0.00135. The van der Waals surface area contributed by atoms with Crippen molar-refractivity contribution in [3.05, 3.63) is 177 Å². The van der Waals surface area contributed by atoms with Gasteiger partial charge in [0.05, 0.1) is 143 Å². The predicted octanol–water partition coefficient (Wildman–Crippen LogP) is 11.0. The number of anilines is 1. The van der Waals surface area contributed by atoms with Crippen LogP contribution in [0.4, 0.5) is 10.6 Å². The van der Waals surface area contributed by atoms with Crippen LogP contribution in [0, 0.1) is 34.6 Å². The third kappa shape index (κ3) is 32.6. The maximum atomic E-state index is 12.5. The van der Waals surface area contributed by atoms with Crippen LogP contribution < -0.4 is 23.3 Å². The number of carbonyl (C=O) groups excluding carboxylic acids is 4. The van der Waals surface area contributed by atoms with Gasteiger partial charge in [0.25, 0.3) is 0 Å². The summed E-state index contributed by atoms with van der Waals surface area (Å²) in [6, 6.07) is 6.89. The molecule has 1 fully saturated rings. The highest BCUT2D eigenvalue weighted by molar-refractivity contribution is 7.86. The van der Waals surface area contributed by atoms with E-state index in [1.807, 2.05) is 48.5 Å². The summed E-state index contributed by atoms with van der Waals surface area (Å²) in [7, 11) is -3.66. The number of esters is 3. The van der Waals surface area contributed by atoms with Gasteiger partial charge in [-0.05, 0) is 162 Å². The molecule has 1 aliphatic rings. The Balaban J connectivity index is 0.000000227. The van der Waals surface area contributed by atoms with Gasteiger partial charge in [0.15, 0.2) is 69.1 Å². The number of carbonyl (C=O) groups is 5. The molecule has 2 atom stereocenters. The third-order valence-electron chi connectivity index (χ3n) is 18.5.